The molecule has 6 heteroatoms. The van der Waals surface area contributed by atoms with Crippen LogP contribution in [0.2, 0.25) is 0 Å². The fourth-order valence-corrected chi connectivity index (χ4v) is 0.923. The minimum Gasteiger partial charge on any atom is -0.480 e. The topological polar surface area (TPSA) is 83.6 Å². The van der Waals surface area contributed by atoms with Crippen LogP contribution >= 0.6 is 0 Å². The first-order valence-electron chi connectivity index (χ1n) is 3.90. The van der Waals surface area contributed by atoms with E-state index in [1.807, 2.05) is 0 Å². The van der Waals surface area contributed by atoms with Crippen molar-refractivity contribution in [2.24, 2.45) is 0 Å². The van der Waals surface area contributed by atoms with Gasteiger partial charge < -0.3 is 14.4 Å². The summed E-state index contributed by atoms with van der Waals surface area (Å²) < 4.78 is 4.95. The first-order valence-corrected chi connectivity index (χ1v) is 3.90. The molecule has 0 atom stereocenters. The average Bonchev–Trinajstić information content (AvgIpc) is 2.49. The van der Waals surface area contributed by atoms with Crippen molar-refractivity contribution < 1.29 is 19.1 Å². The lowest BCUT2D eigenvalue weighted by molar-refractivity contribution is -0.137. The zero-order chi connectivity index (χ0) is 10.7. The molecule has 0 fully saturated rings. The number of amides is 1. The van der Waals surface area contributed by atoms with E-state index in [9.17, 15) is 9.59 Å². The molecule has 0 aromatic carbocycles. The molecule has 0 radical (unpaired) electrons. The van der Waals surface area contributed by atoms with Crippen LogP contribution in [0.25, 0.3) is 0 Å². The number of nitrogens with zero attached hydrogens (tertiary/aromatic N) is 2. The van der Waals surface area contributed by atoms with E-state index in [0.717, 1.165) is 4.90 Å². The van der Waals surface area contributed by atoms with Crippen LogP contribution in [0.3, 0.4) is 0 Å². The van der Waals surface area contributed by atoms with Gasteiger partial charge in [-0.05, 0) is 0 Å². The molecule has 1 heterocycles. The predicted molar refractivity (Wildman–Crippen MR) is 45.8 cm³/mol. The van der Waals surface area contributed by atoms with Gasteiger partial charge in [-0.2, -0.15) is 0 Å². The van der Waals surface area contributed by atoms with E-state index in [4.69, 9.17) is 9.52 Å². The number of hydrogen-bond donors (Lipinski definition) is 1. The van der Waals surface area contributed by atoms with Gasteiger partial charge in [0.15, 0.2) is 5.89 Å². The van der Waals surface area contributed by atoms with Crippen molar-refractivity contribution in [3.05, 3.63) is 17.8 Å². The molecular formula is C8H10N2O4. The molecule has 6 nitrogen and oxygen atoms in total. The van der Waals surface area contributed by atoms with Crippen LogP contribution in [0.1, 0.15) is 16.4 Å². The largest absolute Gasteiger partial charge is 0.480 e. The fourth-order valence-electron chi connectivity index (χ4n) is 0.923. The lowest BCUT2D eigenvalue weighted by Crippen LogP contribution is -2.31. The number of oxazole rings is 1. The van der Waals surface area contributed by atoms with Crippen LogP contribution < -0.4 is 0 Å². The SMILES string of the molecule is Cc1ncc(C(=O)N(C)CC(=O)O)o1. The quantitative estimate of drug-likeness (QED) is 0.746. The number of aromatic nitrogens is 1. The lowest BCUT2D eigenvalue weighted by atomic mass is 10.4. The van der Waals surface area contributed by atoms with Crippen molar-refractivity contribution in [3.8, 4) is 0 Å². The third-order valence-electron chi connectivity index (χ3n) is 1.55. The molecular weight excluding hydrogens is 188 g/mol. The standard InChI is InChI=1S/C8H10N2O4/c1-5-9-3-6(14-5)8(13)10(2)4-7(11)12/h3H,4H2,1-2H3,(H,11,12). The Morgan fingerprint density at radius 1 is 1.64 bits per heavy atom. The molecule has 1 rings (SSSR count). The van der Waals surface area contributed by atoms with Gasteiger partial charge in [-0.15, -0.1) is 0 Å². The van der Waals surface area contributed by atoms with Gasteiger partial charge in [-0.1, -0.05) is 0 Å². The van der Waals surface area contributed by atoms with E-state index in [-0.39, 0.29) is 12.3 Å². The molecule has 0 aliphatic carbocycles. The van der Waals surface area contributed by atoms with Crippen LogP contribution in [0.4, 0.5) is 0 Å². The molecule has 0 spiro atoms. The van der Waals surface area contributed by atoms with Crippen molar-refractivity contribution in [2.75, 3.05) is 13.6 Å². The van der Waals surface area contributed by atoms with Gasteiger partial charge in [-0.3, -0.25) is 9.59 Å². The summed E-state index contributed by atoms with van der Waals surface area (Å²) in [4.78, 5) is 26.5. The van der Waals surface area contributed by atoms with Crippen molar-refractivity contribution in [1.82, 2.24) is 9.88 Å². The Morgan fingerprint density at radius 3 is 2.71 bits per heavy atom. The minimum atomic E-state index is -1.07. The summed E-state index contributed by atoms with van der Waals surface area (Å²) in [6.07, 6.45) is 1.27. The zero-order valence-corrected chi connectivity index (χ0v) is 7.85. The number of carboxylic acid groups (broad SMARTS) is 1. The summed E-state index contributed by atoms with van der Waals surface area (Å²) >= 11 is 0. The van der Waals surface area contributed by atoms with Crippen LogP contribution in [-0.4, -0.2) is 40.5 Å². The molecule has 1 N–H and O–H groups in total. The van der Waals surface area contributed by atoms with E-state index in [0.29, 0.717) is 5.89 Å². The molecule has 76 valence electrons. The monoisotopic (exact) mass is 198 g/mol. The van der Waals surface area contributed by atoms with Crippen LogP contribution in [-0.2, 0) is 4.79 Å². The Labute approximate surface area is 80.1 Å². The minimum absolute atomic E-state index is 0.0475. The Hall–Kier alpha value is -1.85. The number of aliphatic carboxylic acids is 1. The molecule has 0 aliphatic rings. The second-order valence-corrected chi connectivity index (χ2v) is 2.80. The molecule has 0 saturated carbocycles. The number of carboxylic acids is 1. The van der Waals surface area contributed by atoms with Crippen molar-refractivity contribution in [1.29, 1.82) is 0 Å². The predicted octanol–water partition coefficient (Wildman–Crippen LogP) is 0.140. The number of rotatable bonds is 3. The third kappa shape index (κ3) is 2.32. The van der Waals surface area contributed by atoms with Gasteiger partial charge in [0.25, 0.3) is 5.91 Å². The van der Waals surface area contributed by atoms with E-state index < -0.39 is 11.9 Å². The second-order valence-electron chi connectivity index (χ2n) is 2.80. The van der Waals surface area contributed by atoms with Gasteiger partial charge in [0, 0.05) is 14.0 Å². The maximum absolute atomic E-state index is 11.4. The highest BCUT2D eigenvalue weighted by atomic mass is 16.4. The van der Waals surface area contributed by atoms with Crippen LogP contribution in [0, 0.1) is 6.92 Å². The molecule has 1 aromatic rings. The maximum atomic E-state index is 11.4. The number of carbonyl (C=O) groups excluding carboxylic acids is 1. The van der Waals surface area contributed by atoms with E-state index in [1.54, 1.807) is 6.92 Å². The summed E-state index contributed by atoms with van der Waals surface area (Å²) in [5.74, 6) is -1.14. The Kier molecular flexibility index (Phi) is 2.85. The number of aryl methyl sites for hydroxylation is 1. The third-order valence-corrected chi connectivity index (χ3v) is 1.55. The molecule has 1 amide bonds. The number of carbonyl (C=O) groups is 2. The van der Waals surface area contributed by atoms with Crippen LogP contribution in [0.15, 0.2) is 10.6 Å². The van der Waals surface area contributed by atoms with E-state index >= 15 is 0 Å². The van der Waals surface area contributed by atoms with E-state index in [2.05, 4.69) is 4.98 Å². The molecule has 0 unspecified atom stereocenters. The van der Waals surface area contributed by atoms with Gasteiger partial charge in [-0.25, -0.2) is 4.98 Å². The highest BCUT2D eigenvalue weighted by Crippen LogP contribution is 2.05. The van der Waals surface area contributed by atoms with Crippen molar-refractivity contribution in [3.63, 3.8) is 0 Å². The van der Waals surface area contributed by atoms with Gasteiger partial charge in [0.2, 0.25) is 5.76 Å². The van der Waals surface area contributed by atoms with Gasteiger partial charge in [0.1, 0.15) is 6.54 Å². The Morgan fingerprint density at radius 2 is 2.29 bits per heavy atom. The highest BCUT2D eigenvalue weighted by Gasteiger charge is 2.17. The summed E-state index contributed by atoms with van der Waals surface area (Å²) in [5.41, 5.74) is 0. The summed E-state index contributed by atoms with van der Waals surface area (Å²) in [6.45, 7) is 1.24. The first kappa shape index (κ1) is 10.2. The first-order chi connectivity index (χ1) is 6.50. The Balaban J connectivity index is 2.70. The summed E-state index contributed by atoms with van der Waals surface area (Å²) in [7, 11) is 1.38. The Bertz CT molecular complexity index is 358. The maximum Gasteiger partial charge on any atom is 0.323 e. The highest BCUT2D eigenvalue weighted by molar-refractivity contribution is 5.92. The molecule has 14 heavy (non-hydrogen) atoms. The molecule has 0 bridgehead atoms. The van der Waals surface area contributed by atoms with Gasteiger partial charge >= 0.3 is 5.97 Å². The fraction of sp³-hybridized carbons (Fsp3) is 0.375. The second kappa shape index (κ2) is 3.91. The molecule has 1 aromatic heterocycles. The number of hydrogen-bond acceptors (Lipinski definition) is 4. The summed E-state index contributed by atoms with van der Waals surface area (Å²) in [6, 6.07) is 0. The average molecular weight is 198 g/mol. The molecule has 0 aliphatic heterocycles. The van der Waals surface area contributed by atoms with E-state index in [1.165, 1.54) is 13.2 Å². The van der Waals surface area contributed by atoms with Crippen molar-refractivity contribution >= 4 is 11.9 Å². The van der Waals surface area contributed by atoms with Crippen molar-refractivity contribution in [2.45, 2.75) is 6.92 Å². The smallest absolute Gasteiger partial charge is 0.323 e. The zero-order valence-electron chi connectivity index (χ0n) is 7.85. The van der Waals surface area contributed by atoms with Gasteiger partial charge in [0.05, 0.1) is 6.20 Å². The van der Waals surface area contributed by atoms with Crippen LogP contribution in [0.5, 0.6) is 0 Å². The molecule has 0 saturated heterocycles. The normalized spacial score (nSPS) is 9.86. The lowest BCUT2D eigenvalue weighted by Gasteiger charge is -2.11. The number of likely N-dealkylation sites (N-methyl/N-ethyl adjacent to an activating group) is 1. The summed E-state index contributed by atoms with van der Waals surface area (Å²) in [5, 5.41) is 8.44.